The molecule has 1 aliphatic rings. The van der Waals surface area contributed by atoms with Gasteiger partial charge in [-0.3, -0.25) is 4.79 Å². The van der Waals surface area contributed by atoms with Gasteiger partial charge in [-0.1, -0.05) is 17.7 Å². The highest BCUT2D eigenvalue weighted by atomic mass is 35.5. The van der Waals surface area contributed by atoms with Crippen LogP contribution in [-0.2, 0) is 0 Å². The standard InChI is InChI=1S/C18H21ClN2OS/c1-13(20-18(22)14-6-8-15(19)9-7-14)17(16-5-4-12-23-16)21-10-2-3-11-21/h4-9,12-13,17H,2-3,10-11H2,1H3,(H,20,22)/p+1/t13-,17-/m1/s1. The van der Waals surface area contributed by atoms with E-state index in [4.69, 9.17) is 11.6 Å². The van der Waals surface area contributed by atoms with Crippen molar-refractivity contribution in [1.29, 1.82) is 0 Å². The fourth-order valence-corrected chi connectivity index (χ4v) is 4.50. The maximum atomic E-state index is 12.5. The molecule has 1 fully saturated rings. The van der Waals surface area contributed by atoms with Gasteiger partial charge in [-0.25, -0.2) is 0 Å². The van der Waals surface area contributed by atoms with E-state index >= 15 is 0 Å². The Labute approximate surface area is 146 Å². The molecule has 0 spiro atoms. The van der Waals surface area contributed by atoms with Crippen molar-refractivity contribution < 1.29 is 9.69 Å². The predicted molar refractivity (Wildman–Crippen MR) is 95.4 cm³/mol. The summed E-state index contributed by atoms with van der Waals surface area (Å²) in [5.41, 5.74) is 0.655. The number of benzene rings is 1. The van der Waals surface area contributed by atoms with Crippen molar-refractivity contribution in [3.8, 4) is 0 Å². The molecule has 1 aromatic carbocycles. The Kier molecular flexibility index (Phi) is 5.36. The molecule has 5 heteroatoms. The van der Waals surface area contributed by atoms with E-state index < -0.39 is 0 Å². The number of hydrogen-bond acceptors (Lipinski definition) is 2. The summed E-state index contributed by atoms with van der Waals surface area (Å²) in [5, 5.41) is 5.95. The molecule has 1 amide bonds. The van der Waals surface area contributed by atoms with Crippen molar-refractivity contribution in [3.05, 3.63) is 57.2 Å². The molecule has 2 aromatic rings. The van der Waals surface area contributed by atoms with Crippen LogP contribution in [0.25, 0.3) is 0 Å². The third-order valence-corrected chi connectivity index (χ3v) is 5.71. The molecule has 122 valence electrons. The summed E-state index contributed by atoms with van der Waals surface area (Å²) in [7, 11) is 0. The zero-order valence-corrected chi connectivity index (χ0v) is 14.8. The molecule has 0 bridgehead atoms. The van der Waals surface area contributed by atoms with E-state index in [1.165, 1.54) is 30.8 Å². The van der Waals surface area contributed by atoms with E-state index in [1.807, 2.05) is 0 Å². The van der Waals surface area contributed by atoms with E-state index in [2.05, 4.69) is 29.8 Å². The summed E-state index contributed by atoms with van der Waals surface area (Å²) in [6.07, 6.45) is 2.55. The summed E-state index contributed by atoms with van der Waals surface area (Å²) in [4.78, 5) is 15.4. The first kappa shape index (κ1) is 16.5. The number of thiophene rings is 1. The number of carbonyl (C=O) groups is 1. The first-order chi connectivity index (χ1) is 11.1. The number of quaternary nitrogens is 1. The van der Waals surface area contributed by atoms with Gasteiger partial charge >= 0.3 is 0 Å². The molecule has 23 heavy (non-hydrogen) atoms. The van der Waals surface area contributed by atoms with Gasteiger partial charge in [0.1, 0.15) is 6.04 Å². The first-order valence-electron chi connectivity index (χ1n) is 8.09. The predicted octanol–water partition coefficient (Wildman–Crippen LogP) is 2.94. The Hall–Kier alpha value is -1.36. The van der Waals surface area contributed by atoms with Gasteiger partial charge in [0.25, 0.3) is 5.91 Å². The van der Waals surface area contributed by atoms with Crippen molar-refractivity contribution in [3.63, 3.8) is 0 Å². The highest BCUT2D eigenvalue weighted by molar-refractivity contribution is 7.10. The fraction of sp³-hybridized carbons (Fsp3) is 0.389. The number of likely N-dealkylation sites (tertiary alicyclic amines) is 1. The van der Waals surface area contributed by atoms with E-state index in [0.29, 0.717) is 16.6 Å². The fourth-order valence-electron chi connectivity index (χ4n) is 3.38. The van der Waals surface area contributed by atoms with Crippen molar-refractivity contribution >= 4 is 28.8 Å². The normalized spacial score (nSPS) is 17.8. The molecule has 3 nitrogen and oxygen atoms in total. The Balaban J connectivity index is 1.74. The molecule has 1 aromatic heterocycles. The molecule has 3 rings (SSSR count). The van der Waals surface area contributed by atoms with E-state index in [0.717, 1.165) is 0 Å². The Morgan fingerprint density at radius 2 is 1.91 bits per heavy atom. The van der Waals surface area contributed by atoms with Crippen LogP contribution in [0, 0.1) is 0 Å². The van der Waals surface area contributed by atoms with Gasteiger partial charge in [-0.15, -0.1) is 11.3 Å². The van der Waals surface area contributed by atoms with Crippen LogP contribution in [0.15, 0.2) is 41.8 Å². The highest BCUT2D eigenvalue weighted by Crippen LogP contribution is 2.21. The third-order valence-electron chi connectivity index (χ3n) is 4.50. The second-order valence-electron chi connectivity index (χ2n) is 6.13. The minimum Gasteiger partial charge on any atom is -0.343 e. The lowest BCUT2D eigenvalue weighted by atomic mass is 10.1. The van der Waals surface area contributed by atoms with E-state index in [9.17, 15) is 4.79 Å². The van der Waals surface area contributed by atoms with Crippen LogP contribution < -0.4 is 10.2 Å². The highest BCUT2D eigenvalue weighted by Gasteiger charge is 2.33. The summed E-state index contributed by atoms with van der Waals surface area (Å²) in [6, 6.07) is 11.7. The van der Waals surface area contributed by atoms with Gasteiger partial charge in [-0.05, 0) is 42.6 Å². The zero-order valence-electron chi connectivity index (χ0n) is 13.2. The average molecular weight is 350 g/mol. The van der Waals surface area contributed by atoms with Gasteiger partial charge in [-0.2, -0.15) is 0 Å². The second kappa shape index (κ2) is 7.47. The van der Waals surface area contributed by atoms with Crippen molar-refractivity contribution in [1.82, 2.24) is 5.32 Å². The maximum absolute atomic E-state index is 12.5. The molecular formula is C18H22ClN2OS+. The largest absolute Gasteiger partial charge is 0.343 e. The molecule has 1 saturated heterocycles. The van der Waals surface area contributed by atoms with Crippen LogP contribution in [0.4, 0.5) is 0 Å². The van der Waals surface area contributed by atoms with Crippen LogP contribution in [0.1, 0.15) is 41.0 Å². The molecule has 2 atom stereocenters. The lowest BCUT2D eigenvalue weighted by Gasteiger charge is -2.29. The lowest BCUT2D eigenvalue weighted by Crippen LogP contribution is -3.11. The summed E-state index contributed by atoms with van der Waals surface area (Å²) < 4.78 is 0. The molecule has 0 unspecified atom stereocenters. The van der Waals surface area contributed by atoms with Gasteiger partial charge in [0.15, 0.2) is 0 Å². The van der Waals surface area contributed by atoms with E-state index in [1.54, 1.807) is 40.5 Å². The smallest absolute Gasteiger partial charge is 0.251 e. The summed E-state index contributed by atoms with van der Waals surface area (Å²) in [6.45, 7) is 4.48. The monoisotopic (exact) mass is 349 g/mol. The molecule has 1 aliphatic heterocycles. The Morgan fingerprint density at radius 1 is 1.22 bits per heavy atom. The quantitative estimate of drug-likeness (QED) is 0.855. The van der Waals surface area contributed by atoms with Gasteiger partial charge in [0.2, 0.25) is 0 Å². The lowest BCUT2D eigenvalue weighted by molar-refractivity contribution is -0.920. The van der Waals surface area contributed by atoms with Crippen molar-refractivity contribution in [2.45, 2.75) is 31.8 Å². The number of amides is 1. The molecule has 0 radical (unpaired) electrons. The number of halogens is 1. The molecule has 0 saturated carbocycles. The molecule has 2 N–H and O–H groups in total. The number of nitrogens with one attached hydrogen (secondary N) is 2. The van der Waals surface area contributed by atoms with Gasteiger partial charge in [0, 0.05) is 23.4 Å². The molecule has 0 aliphatic carbocycles. The minimum atomic E-state index is -0.0330. The van der Waals surface area contributed by atoms with Crippen LogP contribution >= 0.6 is 22.9 Å². The second-order valence-corrected chi connectivity index (χ2v) is 7.54. The topological polar surface area (TPSA) is 33.5 Å². The van der Waals surface area contributed by atoms with Gasteiger partial charge in [0.05, 0.1) is 24.0 Å². The Morgan fingerprint density at radius 3 is 2.52 bits per heavy atom. The van der Waals surface area contributed by atoms with Crippen LogP contribution in [0.5, 0.6) is 0 Å². The van der Waals surface area contributed by atoms with Crippen LogP contribution in [0.3, 0.4) is 0 Å². The van der Waals surface area contributed by atoms with Crippen LogP contribution in [0.2, 0.25) is 5.02 Å². The summed E-state index contributed by atoms with van der Waals surface area (Å²) in [5.74, 6) is -0.0330. The summed E-state index contributed by atoms with van der Waals surface area (Å²) >= 11 is 7.67. The number of hydrogen-bond donors (Lipinski definition) is 2. The van der Waals surface area contributed by atoms with Crippen LogP contribution in [-0.4, -0.2) is 25.0 Å². The molecule has 2 heterocycles. The first-order valence-corrected chi connectivity index (χ1v) is 9.35. The molecular weight excluding hydrogens is 328 g/mol. The maximum Gasteiger partial charge on any atom is 0.251 e. The van der Waals surface area contributed by atoms with Crippen molar-refractivity contribution in [2.75, 3.05) is 13.1 Å². The number of carbonyl (C=O) groups excluding carboxylic acids is 1. The Bertz CT molecular complexity index is 636. The van der Waals surface area contributed by atoms with Gasteiger partial charge < -0.3 is 10.2 Å². The van der Waals surface area contributed by atoms with E-state index in [-0.39, 0.29) is 11.9 Å². The minimum absolute atomic E-state index is 0.0330. The number of rotatable bonds is 5. The zero-order chi connectivity index (χ0) is 16.2. The SMILES string of the molecule is C[C@@H](NC(=O)c1ccc(Cl)cc1)[C@H](c1cccs1)[NH+]1CCCC1. The average Bonchev–Trinajstić information content (AvgIpc) is 3.22. The third kappa shape index (κ3) is 3.94. The van der Waals surface area contributed by atoms with Crippen molar-refractivity contribution in [2.24, 2.45) is 0 Å².